The van der Waals surface area contributed by atoms with Crippen molar-refractivity contribution in [1.29, 1.82) is 0 Å². The minimum Gasteiger partial charge on any atom is -0.326 e. The van der Waals surface area contributed by atoms with E-state index < -0.39 is 10.0 Å². The average Bonchev–Trinajstić information content (AvgIpc) is 2.53. The van der Waals surface area contributed by atoms with E-state index in [0.29, 0.717) is 6.54 Å². The molecular formula is C17H26N2O3S. The number of rotatable bonds is 6. The number of nitrogens with zero attached hydrogens (tertiary/aromatic N) is 1. The lowest BCUT2D eigenvalue weighted by molar-refractivity contribution is -0.116. The van der Waals surface area contributed by atoms with Crippen LogP contribution in [0.15, 0.2) is 18.2 Å². The number of sulfonamides is 1. The molecule has 0 radical (unpaired) electrons. The zero-order valence-corrected chi connectivity index (χ0v) is 14.8. The lowest BCUT2D eigenvalue weighted by Crippen LogP contribution is -2.39. The van der Waals surface area contributed by atoms with Crippen LogP contribution < -0.4 is 5.32 Å². The van der Waals surface area contributed by atoms with Gasteiger partial charge < -0.3 is 5.32 Å². The van der Waals surface area contributed by atoms with E-state index in [-0.39, 0.29) is 24.6 Å². The molecule has 0 unspecified atom stereocenters. The fourth-order valence-corrected chi connectivity index (χ4v) is 4.53. The predicted molar refractivity (Wildman–Crippen MR) is 93.0 cm³/mol. The first kappa shape index (κ1) is 17.9. The number of aryl methyl sites for hydroxylation is 2. The smallest absolute Gasteiger partial charge is 0.225 e. The van der Waals surface area contributed by atoms with E-state index in [1.807, 2.05) is 18.2 Å². The minimum atomic E-state index is -3.16. The molecule has 1 saturated heterocycles. The Labute approximate surface area is 139 Å². The Hall–Kier alpha value is -1.40. The topological polar surface area (TPSA) is 66.5 Å². The third kappa shape index (κ3) is 4.54. The normalized spacial score (nSPS) is 17.8. The van der Waals surface area contributed by atoms with Gasteiger partial charge in [0, 0.05) is 25.2 Å². The Morgan fingerprint density at radius 1 is 1.17 bits per heavy atom. The number of amides is 1. The Morgan fingerprint density at radius 3 is 2.39 bits per heavy atom. The molecule has 0 saturated carbocycles. The van der Waals surface area contributed by atoms with Crippen LogP contribution in [0.2, 0.25) is 0 Å². The molecule has 5 nitrogen and oxygen atoms in total. The molecule has 1 aromatic carbocycles. The van der Waals surface area contributed by atoms with Crippen LogP contribution in [0, 0.1) is 0 Å². The maximum Gasteiger partial charge on any atom is 0.225 e. The standard InChI is InChI=1S/C17H26N2O3S/c1-3-14-8-7-9-15(4-2)17(14)18-16(20)10-12-19-11-5-6-13-23(19,21)22/h7-9H,3-6,10-13H2,1-2H3,(H,18,20). The highest BCUT2D eigenvalue weighted by Gasteiger charge is 2.25. The van der Waals surface area contributed by atoms with E-state index in [1.165, 1.54) is 4.31 Å². The molecule has 1 aromatic rings. The summed E-state index contributed by atoms with van der Waals surface area (Å²) in [6, 6.07) is 6.04. The SMILES string of the molecule is CCc1cccc(CC)c1NC(=O)CCN1CCCCS1(=O)=O. The molecule has 1 amide bonds. The number of benzene rings is 1. The summed E-state index contributed by atoms with van der Waals surface area (Å²) in [6.07, 6.45) is 3.49. The quantitative estimate of drug-likeness (QED) is 0.867. The first-order chi connectivity index (χ1) is 11.0. The molecule has 0 atom stereocenters. The second-order valence-electron chi connectivity index (χ2n) is 5.88. The number of carbonyl (C=O) groups excluding carboxylic acids is 1. The molecule has 0 aromatic heterocycles. The van der Waals surface area contributed by atoms with Gasteiger partial charge in [0.1, 0.15) is 0 Å². The number of para-hydroxylation sites is 1. The fraction of sp³-hybridized carbons (Fsp3) is 0.588. The first-order valence-electron chi connectivity index (χ1n) is 8.36. The molecule has 1 heterocycles. The molecule has 0 aliphatic carbocycles. The summed E-state index contributed by atoms with van der Waals surface area (Å²) in [7, 11) is -3.16. The third-order valence-electron chi connectivity index (χ3n) is 4.30. The van der Waals surface area contributed by atoms with E-state index in [9.17, 15) is 13.2 Å². The van der Waals surface area contributed by atoms with Crippen LogP contribution in [0.3, 0.4) is 0 Å². The zero-order chi connectivity index (χ0) is 16.9. The molecule has 128 valence electrons. The van der Waals surface area contributed by atoms with Crippen molar-refractivity contribution in [2.75, 3.05) is 24.2 Å². The molecule has 23 heavy (non-hydrogen) atoms. The van der Waals surface area contributed by atoms with Crippen molar-refractivity contribution in [2.24, 2.45) is 0 Å². The van der Waals surface area contributed by atoms with Crippen molar-refractivity contribution in [3.05, 3.63) is 29.3 Å². The molecule has 0 bridgehead atoms. The van der Waals surface area contributed by atoms with E-state index >= 15 is 0 Å². The Morgan fingerprint density at radius 2 is 1.83 bits per heavy atom. The summed E-state index contributed by atoms with van der Waals surface area (Å²) in [5.41, 5.74) is 3.12. The van der Waals surface area contributed by atoms with Crippen LogP contribution in [0.4, 0.5) is 5.69 Å². The highest BCUT2D eigenvalue weighted by atomic mass is 32.2. The average molecular weight is 338 g/mol. The molecule has 6 heteroatoms. The molecule has 1 fully saturated rings. The van der Waals surface area contributed by atoms with Gasteiger partial charge in [-0.2, -0.15) is 0 Å². The van der Waals surface area contributed by atoms with Gasteiger partial charge in [-0.1, -0.05) is 32.0 Å². The largest absolute Gasteiger partial charge is 0.326 e. The summed E-state index contributed by atoms with van der Waals surface area (Å²) in [4.78, 5) is 12.3. The van der Waals surface area contributed by atoms with Gasteiger partial charge in [0.25, 0.3) is 0 Å². The minimum absolute atomic E-state index is 0.124. The van der Waals surface area contributed by atoms with Crippen molar-refractivity contribution in [3.63, 3.8) is 0 Å². The van der Waals surface area contributed by atoms with E-state index in [2.05, 4.69) is 19.2 Å². The maximum atomic E-state index is 12.3. The van der Waals surface area contributed by atoms with Gasteiger partial charge in [0.2, 0.25) is 15.9 Å². The lowest BCUT2D eigenvalue weighted by Gasteiger charge is -2.26. The predicted octanol–water partition coefficient (Wildman–Crippen LogP) is 2.57. The van der Waals surface area contributed by atoms with Gasteiger partial charge in [0.15, 0.2) is 0 Å². The number of carbonyl (C=O) groups is 1. The molecule has 1 aliphatic heterocycles. The van der Waals surface area contributed by atoms with Crippen LogP contribution in [-0.4, -0.2) is 37.5 Å². The molecule has 2 rings (SSSR count). The van der Waals surface area contributed by atoms with Crippen molar-refractivity contribution in [3.8, 4) is 0 Å². The summed E-state index contributed by atoms with van der Waals surface area (Å²) in [5, 5.41) is 2.99. The second kappa shape index (κ2) is 7.93. The van der Waals surface area contributed by atoms with Gasteiger partial charge in [-0.15, -0.1) is 0 Å². The summed E-state index contributed by atoms with van der Waals surface area (Å²) in [5.74, 6) is 0.0779. The second-order valence-corrected chi connectivity index (χ2v) is 7.97. The lowest BCUT2D eigenvalue weighted by atomic mass is 10.0. The van der Waals surface area contributed by atoms with Crippen molar-refractivity contribution in [2.45, 2.75) is 46.0 Å². The molecular weight excluding hydrogens is 312 g/mol. The number of nitrogens with one attached hydrogen (secondary N) is 1. The Bertz CT molecular complexity index is 634. The van der Waals surface area contributed by atoms with Gasteiger partial charge >= 0.3 is 0 Å². The maximum absolute atomic E-state index is 12.3. The van der Waals surface area contributed by atoms with Crippen LogP contribution in [0.5, 0.6) is 0 Å². The van der Waals surface area contributed by atoms with Crippen LogP contribution in [0.25, 0.3) is 0 Å². The highest BCUT2D eigenvalue weighted by Crippen LogP contribution is 2.23. The van der Waals surface area contributed by atoms with Gasteiger partial charge in [-0.05, 0) is 36.8 Å². The van der Waals surface area contributed by atoms with Crippen molar-refractivity contribution >= 4 is 21.6 Å². The van der Waals surface area contributed by atoms with Crippen LogP contribution in [0.1, 0.15) is 44.2 Å². The Kier molecular flexibility index (Phi) is 6.18. The highest BCUT2D eigenvalue weighted by molar-refractivity contribution is 7.89. The van der Waals surface area contributed by atoms with Gasteiger partial charge in [-0.3, -0.25) is 4.79 Å². The number of hydrogen-bond acceptors (Lipinski definition) is 3. The monoisotopic (exact) mass is 338 g/mol. The van der Waals surface area contributed by atoms with Crippen LogP contribution in [-0.2, 0) is 27.7 Å². The van der Waals surface area contributed by atoms with E-state index in [1.54, 1.807) is 0 Å². The Balaban J connectivity index is 2.00. The van der Waals surface area contributed by atoms with Crippen molar-refractivity contribution in [1.82, 2.24) is 4.31 Å². The zero-order valence-electron chi connectivity index (χ0n) is 14.0. The third-order valence-corrected chi connectivity index (χ3v) is 6.26. The van der Waals surface area contributed by atoms with Gasteiger partial charge in [0.05, 0.1) is 5.75 Å². The summed E-state index contributed by atoms with van der Waals surface area (Å²) < 4.78 is 25.3. The number of hydrogen-bond donors (Lipinski definition) is 1. The summed E-state index contributed by atoms with van der Waals surface area (Å²) in [6.45, 7) is 4.92. The fourth-order valence-electron chi connectivity index (χ4n) is 2.92. The molecule has 0 spiro atoms. The number of anilines is 1. The van der Waals surface area contributed by atoms with Crippen molar-refractivity contribution < 1.29 is 13.2 Å². The first-order valence-corrected chi connectivity index (χ1v) is 9.97. The molecule has 1 N–H and O–H groups in total. The summed E-state index contributed by atoms with van der Waals surface area (Å²) >= 11 is 0. The molecule has 1 aliphatic rings. The van der Waals surface area contributed by atoms with Gasteiger partial charge in [-0.25, -0.2) is 12.7 Å². The van der Waals surface area contributed by atoms with Crippen LogP contribution >= 0.6 is 0 Å². The van der Waals surface area contributed by atoms with E-state index in [0.717, 1.165) is 42.5 Å². The van der Waals surface area contributed by atoms with E-state index in [4.69, 9.17) is 0 Å².